The molecule has 0 aliphatic carbocycles. The van der Waals surface area contributed by atoms with E-state index in [0.717, 1.165) is 33.9 Å². The SMILES string of the molecule is CC1(C)C(/C=C/C=C2\N(C#CSOOO)c3ccc(Cl)cc3C2(C)C)=[N+](C#CSOOO)c2ccc(Cl)cc21. The smallest absolute Gasteiger partial charge is 0.244 e. The van der Waals surface area contributed by atoms with Gasteiger partial charge >= 0.3 is 0 Å². The van der Waals surface area contributed by atoms with Gasteiger partial charge in [0.1, 0.15) is 24.1 Å². The zero-order valence-electron chi connectivity index (χ0n) is 21.2. The lowest BCUT2D eigenvalue weighted by Crippen LogP contribution is -2.26. The summed E-state index contributed by atoms with van der Waals surface area (Å²) in [6.07, 6.45) is 5.91. The fraction of sp³-hybridized carbons (Fsp3) is 0.222. The first kappa shape index (κ1) is 29.5. The van der Waals surface area contributed by atoms with Crippen LogP contribution < -0.4 is 4.90 Å². The maximum absolute atomic E-state index is 8.42. The molecule has 0 radical (unpaired) electrons. The highest BCUT2D eigenvalue weighted by Crippen LogP contribution is 2.48. The van der Waals surface area contributed by atoms with Crippen LogP contribution in [0, 0.1) is 22.6 Å². The topological polar surface area (TPSA) is 83.6 Å². The monoisotopic (exact) mass is 605 g/mol. The number of halogens is 2. The van der Waals surface area contributed by atoms with Gasteiger partial charge in [-0.3, -0.25) is 4.90 Å². The number of fused-ring (bicyclic) bond motifs is 2. The molecule has 0 unspecified atom stereocenters. The van der Waals surface area contributed by atoms with Crippen LogP contribution in [0.2, 0.25) is 10.0 Å². The lowest BCUT2D eigenvalue weighted by molar-refractivity contribution is -0.431. The van der Waals surface area contributed by atoms with Crippen molar-refractivity contribution in [2.24, 2.45) is 0 Å². The van der Waals surface area contributed by atoms with Gasteiger partial charge in [-0.25, -0.2) is 10.5 Å². The number of hydrogen-bond donors (Lipinski definition) is 2. The van der Waals surface area contributed by atoms with Crippen molar-refractivity contribution < 1.29 is 33.8 Å². The van der Waals surface area contributed by atoms with Crippen LogP contribution >= 0.6 is 47.3 Å². The van der Waals surface area contributed by atoms with Crippen LogP contribution in [-0.4, -0.2) is 20.8 Å². The summed E-state index contributed by atoms with van der Waals surface area (Å²) in [4.78, 5) is 1.85. The van der Waals surface area contributed by atoms with E-state index in [1.807, 2.05) is 64.1 Å². The molecule has 202 valence electrons. The van der Waals surface area contributed by atoms with Crippen LogP contribution in [0.25, 0.3) is 0 Å². The third-order valence-electron chi connectivity index (χ3n) is 6.54. The zero-order chi connectivity index (χ0) is 28.2. The largest absolute Gasteiger partial charge is 0.272 e. The van der Waals surface area contributed by atoms with Gasteiger partial charge in [-0.15, -0.1) is 13.2 Å². The molecule has 4 rings (SSSR count). The Morgan fingerprint density at radius 3 is 2.23 bits per heavy atom. The molecule has 2 aromatic carbocycles. The van der Waals surface area contributed by atoms with E-state index in [-0.39, 0.29) is 0 Å². The molecule has 2 aliphatic rings. The summed E-state index contributed by atoms with van der Waals surface area (Å²) < 4.78 is 10.7. The van der Waals surface area contributed by atoms with Gasteiger partial charge in [0.05, 0.1) is 16.4 Å². The fourth-order valence-electron chi connectivity index (χ4n) is 4.73. The minimum Gasteiger partial charge on any atom is -0.272 e. The Morgan fingerprint density at radius 2 is 1.54 bits per heavy atom. The van der Waals surface area contributed by atoms with Crippen LogP contribution in [0.5, 0.6) is 0 Å². The quantitative estimate of drug-likeness (QED) is 0.0863. The van der Waals surface area contributed by atoms with Crippen LogP contribution in [0.15, 0.2) is 60.3 Å². The first-order valence-electron chi connectivity index (χ1n) is 11.4. The van der Waals surface area contributed by atoms with Crippen molar-refractivity contribution in [2.75, 3.05) is 4.90 Å². The van der Waals surface area contributed by atoms with Gasteiger partial charge in [0, 0.05) is 50.2 Å². The lowest BCUT2D eigenvalue weighted by Gasteiger charge is -2.22. The number of hydrogen-bond acceptors (Lipinski definition) is 9. The molecule has 2 aromatic rings. The van der Waals surface area contributed by atoms with Crippen LogP contribution in [0.1, 0.15) is 38.8 Å². The van der Waals surface area contributed by atoms with E-state index in [1.165, 1.54) is 0 Å². The van der Waals surface area contributed by atoms with Crippen LogP contribution in [-0.2, 0) is 29.6 Å². The zero-order valence-corrected chi connectivity index (χ0v) is 24.3. The highest BCUT2D eigenvalue weighted by molar-refractivity contribution is 7.99. The Bertz CT molecular complexity index is 1500. The van der Waals surface area contributed by atoms with E-state index in [2.05, 4.69) is 69.0 Å². The number of benzene rings is 2. The highest BCUT2D eigenvalue weighted by Gasteiger charge is 2.45. The first-order chi connectivity index (χ1) is 18.6. The van der Waals surface area contributed by atoms with Gasteiger partial charge in [0.2, 0.25) is 17.4 Å². The molecule has 0 fully saturated rings. The molecule has 0 amide bonds. The van der Waals surface area contributed by atoms with Crippen LogP contribution in [0.3, 0.4) is 0 Å². The molecule has 0 spiro atoms. The average molecular weight is 607 g/mol. The molecule has 2 aliphatic heterocycles. The molecule has 0 aromatic heterocycles. The van der Waals surface area contributed by atoms with Gasteiger partial charge in [-0.2, -0.15) is 0 Å². The summed E-state index contributed by atoms with van der Waals surface area (Å²) in [7, 11) is 0. The van der Waals surface area contributed by atoms with E-state index in [1.54, 1.807) is 0 Å². The van der Waals surface area contributed by atoms with Gasteiger partial charge in [0.25, 0.3) is 0 Å². The van der Waals surface area contributed by atoms with Gasteiger partial charge < -0.3 is 0 Å². The van der Waals surface area contributed by atoms with Crippen molar-refractivity contribution >= 4 is 64.4 Å². The summed E-state index contributed by atoms with van der Waals surface area (Å²) in [5.41, 5.74) is 4.73. The van der Waals surface area contributed by atoms with Crippen LogP contribution in [0.4, 0.5) is 11.4 Å². The molecule has 0 saturated heterocycles. The minimum absolute atomic E-state index is 0.428. The van der Waals surface area contributed by atoms with E-state index < -0.39 is 10.8 Å². The fourth-order valence-corrected chi connectivity index (χ4v) is 5.46. The highest BCUT2D eigenvalue weighted by atomic mass is 35.5. The van der Waals surface area contributed by atoms with Crippen molar-refractivity contribution in [1.82, 2.24) is 0 Å². The number of rotatable bonds is 6. The second kappa shape index (κ2) is 12.4. The van der Waals surface area contributed by atoms with E-state index in [4.69, 9.17) is 33.7 Å². The summed E-state index contributed by atoms with van der Waals surface area (Å²) in [5.74, 6) is 0. The van der Waals surface area contributed by atoms with E-state index >= 15 is 0 Å². The Labute approximate surface area is 244 Å². The lowest BCUT2D eigenvalue weighted by atomic mass is 9.81. The van der Waals surface area contributed by atoms with Gasteiger partial charge in [0.15, 0.2) is 0 Å². The Balaban J connectivity index is 1.78. The van der Waals surface area contributed by atoms with Crippen molar-refractivity contribution in [2.45, 2.75) is 38.5 Å². The standard InChI is InChI=1S/C27H22Cl2N2O6S2/c1-26(2)20-16-18(28)8-10-22(20)30(12-14-38-36-34-32)24(26)6-5-7-25-27(3,4)21-17-19(29)9-11-23(21)31(25)13-15-39-37-35-33/h5-11,16-17H,1-4H3,(H-,32,33)/p+1. The molecule has 8 nitrogen and oxygen atoms in total. The average Bonchev–Trinajstić information content (AvgIpc) is 3.23. The van der Waals surface area contributed by atoms with Crippen molar-refractivity contribution in [3.8, 4) is 22.6 Å². The summed E-state index contributed by atoms with van der Waals surface area (Å²) in [5, 5.41) is 30.9. The minimum atomic E-state index is -0.428. The molecule has 0 saturated carbocycles. The third-order valence-corrected chi connectivity index (χ3v) is 7.62. The molecule has 0 atom stereocenters. The summed E-state index contributed by atoms with van der Waals surface area (Å²) >= 11 is 14.0. The van der Waals surface area contributed by atoms with Gasteiger partial charge in [-0.1, -0.05) is 53.2 Å². The molecular weight excluding hydrogens is 583 g/mol. The summed E-state index contributed by atoms with van der Waals surface area (Å²) in [6.45, 7) is 8.36. The second-order valence-corrected chi connectivity index (χ2v) is 11.3. The molecule has 0 bridgehead atoms. The molecule has 2 N–H and O–H groups in total. The third kappa shape index (κ3) is 6.02. The molecule has 2 heterocycles. The normalized spacial score (nSPS) is 17.6. The van der Waals surface area contributed by atoms with E-state index in [0.29, 0.717) is 34.1 Å². The number of nitrogens with zero attached hydrogens (tertiary/aromatic N) is 2. The summed E-state index contributed by atoms with van der Waals surface area (Å²) in [6, 6.07) is 17.4. The Hall–Kier alpha value is -2.45. The Morgan fingerprint density at radius 1 is 0.897 bits per heavy atom. The number of anilines is 1. The molecule has 12 heteroatoms. The van der Waals surface area contributed by atoms with Crippen molar-refractivity contribution in [3.63, 3.8) is 0 Å². The molecule has 39 heavy (non-hydrogen) atoms. The predicted octanol–water partition coefficient (Wildman–Crippen LogP) is 7.58. The maximum atomic E-state index is 8.42. The number of allylic oxidation sites excluding steroid dienone is 4. The van der Waals surface area contributed by atoms with Crippen molar-refractivity contribution in [1.29, 1.82) is 0 Å². The second-order valence-electron chi connectivity index (χ2n) is 9.42. The molecular formula is C27H23Cl2N2O6S2+. The first-order valence-corrected chi connectivity index (χ1v) is 13.6. The van der Waals surface area contributed by atoms with Gasteiger partial charge in [-0.05, 0) is 55.8 Å². The predicted molar refractivity (Wildman–Crippen MR) is 154 cm³/mol. The van der Waals surface area contributed by atoms with E-state index in [9.17, 15) is 0 Å². The maximum Gasteiger partial charge on any atom is 0.244 e. The Kier molecular flexibility index (Phi) is 9.37. The van der Waals surface area contributed by atoms with Crippen molar-refractivity contribution in [3.05, 3.63) is 81.5 Å².